The van der Waals surface area contributed by atoms with Crippen LogP contribution in [0.1, 0.15) is 15.2 Å². The number of primary sulfonamides is 1. The molecule has 3 rings (SSSR count). The fraction of sp³-hybridized carbons (Fsp3) is 0.0625. The molecule has 0 unspecified atom stereocenters. The van der Waals surface area contributed by atoms with E-state index in [0.717, 1.165) is 15.6 Å². The molecule has 0 spiro atoms. The van der Waals surface area contributed by atoms with Gasteiger partial charge in [-0.05, 0) is 35.2 Å². The van der Waals surface area contributed by atoms with Crippen molar-refractivity contribution in [1.82, 2.24) is 5.32 Å². The average molecular weight is 346 g/mol. The summed E-state index contributed by atoms with van der Waals surface area (Å²) < 4.78 is 23.4. The number of benzene rings is 2. The van der Waals surface area contributed by atoms with E-state index < -0.39 is 10.0 Å². The highest BCUT2D eigenvalue weighted by Crippen LogP contribution is 2.25. The summed E-state index contributed by atoms with van der Waals surface area (Å²) in [6, 6.07) is 15.8. The van der Waals surface area contributed by atoms with E-state index in [-0.39, 0.29) is 10.8 Å². The van der Waals surface area contributed by atoms with E-state index in [0.29, 0.717) is 11.4 Å². The normalized spacial score (nSPS) is 11.5. The number of thiophene rings is 1. The van der Waals surface area contributed by atoms with Crippen LogP contribution in [0.15, 0.2) is 59.5 Å². The summed E-state index contributed by atoms with van der Waals surface area (Å²) in [6.07, 6.45) is 0. The number of hydrogen-bond acceptors (Lipinski definition) is 4. The minimum atomic E-state index is -3.69. The first-order valence-electron chi connectivity index (χ1n) is 6.82. The Hall–Kier alpha value is -2.22. The second-order valence-corrected chi connectivity index (χ2v) is 7.67. The molecule has 7 heteroatoms. The number of carbonyl (C=O) groups is 1. The van der Waals surface area contributed by atoms with Gasteiger partial charge in [-0.15, -0.1) is 11.3 Å². The van der Waals surface area contributed by atoms with Gasteiger partial charge in [-0.3, -0.25) is 4.79 Å². The number of nitrogens with two attached hydrogens (primary N) is 1. The van der Waals surface area contributed by atoms with Crippen LogP contribution >= 0.6 is 11.3 Å². The van der Waals surface area contributed by atoms with E-state index in [4.69, 9.17) is 5.14 Å². The van der Waals surface area contributed by atoms with Crippen molar-refractivity contribution < 1.29 is 13.2 Å². The number of hydrogen-bond donors (Lipinski definition) is 2. The lowest BCUT2D eigenvalue weighted by Crippen LogP contribution is -2.21. The second kappa shape index (κ2) is 6.11. The summed E-state index contributed by atoms with van der Waals surface area (Å²) in [5.41, 5.74) is 0.798. The van der Waals surface area contributed by atoms with Crippen LogP contribution in [0.4, 0.5) is 0 Å². The quantitative estimate of drug-likeness (QED) is 0.760. The van der Waals surface area contributed by atoms with E-state index >= 15 is 0 Å². The van der Waals surface area contributed by atoms with Crippen molar-refractivity contribution in [1.29, 1.82) is 0 Å². The molecule has 1 amide bonds. The van der Waals surface area contributed by atoms with E-state index in [1.807, 2.05) is 30.3 Å². The third kappa shape index (κ3) is 3.58. The van der Waals surface area contributed by atoms with Gasteiger partial charge in [0.25, 0.3) is 5.91 Å². The maximum Gasteiger partial charge on any atom is 0.261 e. The molecule has 0 saturated heterocycles. The van der Waals surface area contributed by atoms with Crippen LogP contribution in [0.2, 0.25) is 0 Å². The highest BCUT2D eigenvalue weighted by Gasteiger charge is 2.10. The number of sulfonamides is 1. The van der Waals surface area contributed by atoms with Gasteiger partial charge in [0, 0.05) is 11.2 Å². The Bertz CT molecular complexity index is 927. The Morgan fingerprint density at radius 2 is 1.78 bits per heavy atom. The summed E-state index contributed by atoms with van der Waals surface area (Å²) in [4.78, 5) is 12.9. The van der Waals surface area contributed by atoms with Crippen molar-refractivity contribution >= 4 is 37.4 Å². The van der Waals surface area contributed by atoms with Crippen LogP contribution in [-0.2, 0) is 16.6 Å². The lowest BCUT2D eigenvalue weighted by Gasteiger charge is -2.05. The van der Waals surface area contributed by atoms with Crippen LogP contribution in [0.3, 0.4) is 0 Å². The highest BCUT2D eigenvalue weighted by atomic mass is 32.2. The van der Waals surface area contributed by atoms with Crippen molar-refractivity contribution in [2.45, 2.75) is 11.4 Å². The summed E-state index contributed by atoms with van der Waals surface area (Å²) in [6.45, 7) is 0.317. The molecule has 0 radical (unpaired) electrons. The van der Waals surface area contributed by atoms with Crippen molar-refractivity contribution in [2.75, 3.05) is 0 Å². The molecule has 0 aliphatic carbocycles. The van der Waals surface area contributed by atoms with Crippen molar-refractivity contribution in [3.8, 4) is 0 Å². The van der Waals surface area contributed by atoms with Gasteiger partial charge >= 0.3 is 0 Å². The molecule has 1 aromatic heterocycles. The van der Waals surface area contributed by atoms with Gasteiger partial charge in [0.15, 0.2) is 0 Å². The van der Waals surface area contributed by atoms with Gasteiger partial charge in [-0.25, -0.2) is 13.6 Å². The number of rotatable bonds is 4. The van der Waals surface area contributed by atoms with Gasteiger partial charge in [0.05, 0.1) is 9.77 Å². The van der Waals surface area contributed by atoms with E-state index in [1.165, 1.54) is 23.5 Å². The Morgan fingerprint density at radius 3 is 2.43 bits per heavy atom. The molecule has 2 aromatic carbocycles. The first kappa shape index (κ1) is 15.7. The third-order valence-corrected chi connectivity index (χ3v) is 5.40. The number of fused-ring (bicyclic) bond motifs is 1. The summed E-state index contributed by atoms with van der Waals surface area (Å²) >= 11 is 1.44. The second-order valence-electron chi connectivity index (χ2n) is 5.02. The Morgan fingerprint density at radius 1 is 1.09 bits per heavy atom. The summed E-state index contributed by atoms with van der Waals surface area (Å²) in [5, 5.41) is 8.91. The number of nitrogens with one attached hydrogen (secondary N) is 1. The maximum atomic E-state index is 12.2. The first-order valence-corrected chi connectivity index (χ1v) is 9.18. The van der Waals surface area contributed by atoms with Gasteiger partial charge in [-0.2, -0.15) is 0 Å². The van der Waals surface area contributed by atoms with Gasteiger partial charge in [0.1, 0.15) is 0 Å². The molecule has 0 saturated carbocycles. The summed E-state index contributed by atoms with van der Waals surface area (Å²) in [5.74, 6) is -0.151. The Labute approximate surface area is 137 Å². The molecule has 3 aromatic rings. The minimum Gasteiger partial charge on any atom is -0.347 e. The van der Waals surface area contributed by atoms with Gasteiger partial charge < -0.3 is 5.32 Å². The molecule has 0 atom stereocenters. The zero-order chi connectivity index (χ0) is 16.4. The fourth-order valence-electron chi connectivity index (χ4n) is 2.16. The molecule has 23 heavy (non-hydrogen) atoms. The minimum absolute atomic E-state index is 0.0529. The summed E-state index contributed by atoms with van der Waals surface area (Å²) in [7, 11) is -3.69. The predicted octanol–water partition coefficient (Wildman–Crippen LogP) is 2.48. The van der Waals surface area contributed by atoms with Gasteiger partial charge in [0.2, 0.25) is 10.0 Å². The van der Waals surface area contributed by atoms with Gasteiger partial charge in [-0.1, -0.05) is 30.3 Å². The fourth-order valence-corrected chi connectivity index (χ4v) is 3.65. The number of amides is 1. The topological polar surface area (TPSA) is 89.3 Å². The molecular formula is C16H14N2O3S2. The lowest BCUT2D eigenvalue weighted by atomic mass is 10.2. The molecule has 1 heterocycles. The Kier molecular flexibility index (Phi) is 4.16. The molecule has 5 nitrogen and oxygen atoms in total. The smallest absolute Gasteiger partial charge is 0.261 e. The Balaban J connectivity index is 1.69. The third-order valence-electron chi connectivity index (χ3n) is 3.35. The first-order chi connectivity index (χ1) is 10.9. The van der Waals surface area contributed by atoms with Crippen molar-refractivity contribution in [3.05, 3.63) is 65.0 Å². The van der Waals surface area contributed by atoms with Crippen molar-refractivity contribution in [3.63, 3.8) is 0 Å². The molecule has 0 bridgehead atoms. The van der Waals surface area contributed by atoms with E-state index in [1.54, 1.807) is 12.1 Å². The maximum absolute atomic E-state index is 12.2. The predicted molar refractivity (Wildman–Crippen MR) is 90.8 cm³/mol. The zero-order valence-corrected chi connectivity index (χ0v) is 13.7. The van der Waals surface area contributed by atoms with Crippen LogP contribution < -0.4 is 10.5 Å². The van der Waals surface area contributed by atoms with Crippen molar-refractivity contribution in [2.24, 2.45) is 5.14 Å². The molecule has 3 N–H and O–H groups in total. The largest absolute Gasteiger partial charge is 0.347 e. The standard InChI is InChI=1S/C16H14N2O3S2/c17-23(20,21)13-7-5-11(6-8-13)10-18-16(19)15-9-12-3-1-2-4-14(12)22-15/h1-9H,10H2,(H,18,19)(H2,17,20,21). The monoisotopic (exact) mass is 346 g/mol. The molecule has 118 valence electrons. The van der Waals surface area contributed by atoms with E-state index in [9.17, 15) is 13.2 Å². The molecule has 0 aliphatic heterocycles. The zero-order valence-electron chi connectivity index (χ0n) is 12.0. The highest BCUT2D eigenvalue weighted by molar-refractivity contribution is 7.89. The SMILES string of the molecule is NS(=O)(=O)c1ccc(CNC(=O)c2cc3ccccc3s2)cc1. The van der Waals surface area contributed by atoms with Crippen LogP contribution in [-0.4, -0.2) is 14.3 Å². The van der Waals surface area contributed by atoms with Crippen LogP contribution in [0, 0.1) is 0 Å². The molecular weight excluding hydrogens is 332 g/mol. The van der Waals surface area contributed by atoms with E-state index in [2.05, 4.69) is 5.32 Å². The number of carbonyl (C=O) groups excluding carboxylic acids is 1. The lowest BCUT2D eigenvalue weighted by molar-refractivity contribution is 0.0955. The average Bonchev–Trinajstić information content (AvgIpc) is 2.96. The molecule has 0 fully saturated rings. The molecule has 0 aliphatic rings. The van der Waals surface area contributed by atoms with Crippen LogP contribution in [0.5, 0.6) is 0 Å². The van der Waals surface area contributed by atoms with Crippen LogP contribution in [0.25, 0.3) is 10.1 Å².